The van der Waals surface area contributed by atoms with Crippen LogP contribution >= 0.6 is 0 Å². The molecule has 20 heavy (non-hydrogen) atoms. The Morgan fingerprint density at radius 3 is 2.85 bits per heavy atom. The number of likely N-dealkylation sites (N-methyl/N-ethyl adjacent to an activating group) is 1. The van der Waals surface area contributed by atoms with Crippen LogP contribution in [0.5, 0.6) is 0 Å². The molecule has 0 amide bonds. The maximum absolute atomic E-state index is 12.1. The zero-order chi connectivity index (χ0) is 14.5. The number of aryl methyl sites for hydroxylation is 1. The first-order chi connectivity index (χ1) is 9.58. The molecule has 0 aliphatic rings. The SMILES string of the molecule is CN(CC(=O)c1ccn(C)c1)Cc1cccc(C#N)c1. The van der Waals surface area contributed by atoms with E-state index in [9.17, 15) is 4.79 Å². The maximum atomic E-state index is 12.1. The molecule has 0 unspecified atom stereocenters. The summed E-state index contributed by atoms with van der Waals surface area (Å²) in [5.41, 5.74) is 2.41. The van der Waals surface area contributed by atoms with E-state index in [2.05, 4.69) is 6.07 Å². The van der Waals surface area contributed by atoms with E-state index >= 15 is 0 Å². The third-order valence-corrected chi connectivity index (χ3v) is 3.08. The molecule has 0 radical (unpaired) electrons. The summed E-state index contributed by atoms with van der Waals surface area (Å²) in [6.45, 7) is 1.01. The van der Waals surface area contributed by atoms with E-state index in [4.69, 9.17) is 5.26 Å². The molecule has 2 aromatic rings. The second-order valence-corrected chi connectivity index (χ2v) is 4.97. The lowest BCUT2D eigenvalue weighted by Gasteiger charge is -2.15. The summed E-state index contributed by atoms with van der Waals surface area (Å²) >= 11 is 0. The average molecular weight is 267 g/mol. The Balaban J connectivity index is 1.97. The van der Waals surface area contributed by atoms with E-state index in [-0.39, 0.29) is 5.78 Å². The van der Waals surface area contributed by atoms with Crippen molar-refractivity contribution in [3.63, 3.8) is 0 Å². The average Bonchev–Trinajstić information content (AvgIpc) is 2.85. The number of rotatable bonds is 5. The van der Waals surface area contributed by atoms with Crippen LogP contribution in [0, 0.1) is 11.3 Å². The van der Waals surface area contributed by atoms with Crippen molar-refractivity contribution in [3.8, 4) is 6.07 Å². The molecule has 4 heteroatoms. The zero-order valence-electron chi connectivity index (χ0n) is 11.7. The molecule has 0 saturated heterocycles. The molecule has 0 bridgehead atoms. The smallest absolute Gasteiger partial charge is 0.178 e. The molecule has 1 heterocycles. The van der Waals surface area contributed by atoms with Crippen LogP contribution in [0.4, 0.5) is 0 Å². The molecular weight excluding hydrogens is 250 g/mol. The number of nitriles is 1. The number of aromatic nitrogens is 1. The van der Waals surface area contributed by atoms with E-state index in [1.54, 1.807) is 6.07 Å². The predicted molar refractivity (Wildman–Crippen MR) is 77.2 cm³/mol. The van der Waals surface area contributed by atoms with Gasteiger partial charge in [-0.2, -0.15) is 5.26 Å². The minimum Gasteiger partial charge on any atom is -0.357 e. The first kappa shape index (κ1) is 14.0. The fraction of sp³-hybridized carbons (Fsp3) is 0.250. The van der Waals surface area contributed by atoms with Crippen LogP contribution in [0.25, 0.3) is 0 Å². The van der Waals surface area contributed by atoms with E-state index in [1.165, 1.54) is 0 Å². The Bertz CT molecular complexity index is 652. The van der Waals surface area contributed by atoms with Crippen LogP contribution in [0.1, 0.15) is 21.5 Å². The van der Waals surface area contributed by atoms with Crippen molar-refractivity contribution in [1.82, 2.24) is 9.47 Å². The molecule has 1 aromatic heterocycles. The third kappa shape index (κ3) is 3.56. The van der Waals surface area contributed by atoms with Crippen molar-refractivity contribution < 1.29 is 4.79 Å². The minimum absolute atomic E-state index is 0.101. The molecule has 102 valence electrons. The molecule has 1 aromatic carbocycles. The summed E-state index contributed by atoms with van der Waals surface area (Å²) in [4.78, 5) is 14.0. The van der Waals surface area contributed by atoms with Gasteiger partial charge in [0.1, 0.15) is 0 Å². The van der Waals surface area contributed by atoms with Crippen molar-refractivity contribution in [1.29, 1.82) is 5.26 Å². The second kappa shape index (κ2) is 6.18. The van der Waals surface area contributed by atoms with Crippen LogP contribution < -0.4 is 0 Å². The Labute approximate surface area is 118 Å². The molecule has 0 atom stereocenters. The van der Waals surface area contributed by atoms with Gasteiger partial charge in [0.25, 0.3) is 0 Å². The molecule has 0 N–H and O–H groups in total. The first-order valence-electron chi connectivity index (χ1n) is 6.41. The van der Waals surface area contributed by atoms with Gasteiger partial charge in [-0.1, -0.05) is 12.1 Å². The van der Waals surface area contributed by atoms with E-state index < -0.39 is 0 Å². The molecule has 2 rings (SSSR count). The quantitative estimate of drug-likeness (QED) is 0.780. The largest absolute Gasteiger partial charge is 0.357 e. The standard InChI is InChI=1S/C16H17N3O/c1-18-7-6-15(11-18)16(20)12-19(2)10-14-5-3-4-13(8-14)9-17/h3-8,11H,10,12H2,1-2H3. The molecular formula is C16H17N3O. The van der Waals surface area contributed by atoms with Crippen LogP contribution in [-0.2, 0) is 13.6 Å². The fourth-order valence-corrected chi connectivity index (χ4v) is 2.11. The van der Waals surface area contributed by atoms with Gasteiger partial charge in [-0.25, -0.2) is 0 Å². The highest BCUT2D eigenvalue weighted by Gasteiger charge is 2.10. The van der Waals surface area contributed by atoms with Gasteiger partial charge >= 0.3 is 0 Å². The molecule has 4 nitrogen and oxygen atoms in total. The Kier molecular flexibility index (Phi) is 4.34. The van der Waals surface area contributed by atoms with Gasteiger partial charge in [0.2, 0.25) is 0 Å². The topological polar surface area (TPSA) is 49.0 Å². The fourth-order valence-electron chi connectivity index (χ4n) is 2.11. The lowest BCUT2D eigenvalue weighted by molar-refractivity contribution is 0.0943. The summed E-state index contributed by atoms with van der Waals surface area (Å²) in [5, 5.41) is 8.87. The third-order valence-electron chi connectivity index (χ3n) is 3.08. The highest BCUT2D eigenvalue weighted by atomic mass is 16.1. The van der Waals surface area contributed by atoms with E-state index in [0.29, 0.717) is 18.7 Å². The van der Waals surface area contributed by atoms with Gasteiger partial charge in [-0.3, -0.25) is 9.69 Å². The summed E-state index contributed by atoms with van der Waals surface area (Å²) < 4.78 is 1.86. The van der Waals surface area contributed by atoms with Crippen LogP contribution in [0.15, 0.2) is 42.7 Å². The first-order valence-corrected chi connectivity index (χ1v) is 6.41. The van der Waals surface area contributed by atoms with Gasteiger partial charge in [0, 0.05) is 31.5 Å². The molecule has 0 spiro atoms. The van der Waals surface area contributed by atoms with Crippen molar-refractivity contribution >= 4 is 5.78 Å². The highest BCUT2D eigenvalue weighted by Crippen LogP contribution is 2.08. The summed E-state index contributed by atoms with van der Waals surface area (Å²) in [5.74, 6) is 0.101. The van der Waals surface area contributed by atoms with Crippen LogP contribution in [0.3, 0.4) is 0 Å². The summed E-state index contributed by atoms with van der Waals surface area (Å²) in [6, 6.07) is 11.4. The second-order valence-electron chi connectivity index (χ2n) is 4.97. The zero-order valence-corrected chi connectivity index (χ0v) is 11.7. The number of nitrogens with zero attached hydrogens (tertiary/aromatic N) is 3. The number of ketones is 1. The van der Waals surface area contributed by atoms with Crippen LogP contribution in [-0.4, -0.2) is 28.8 Å². The Morgan fingerprint density at radius 1 is 1.40 bits per heavy atom. The summed E-state index contributed by atoms with van der Waals surface area (Å²) in [7, 11) is 3.80. The van der Waals surface area contributed by atoms with Gasteiger partial charge < -0.3 is 4.57 Å². The maximum Gasteiger partial charge on any atom is 0.178 e. The van der Waals surface area contributed by atoms with Crippen molar-refractivity contribution in [3.05, 3.63) is 59.4 Å². The summed E-state index contributed by atoms with van der Waals surface area (Å²) in [6.07, 6.45) is 3.69. The number of hydrogen-bond donors (Lipinski definition) is 0. The van der Waals surface area contributed by atoms with Gasteiger partial charge in [0.05, 0.1) is 18.2 Å². The molecule has 0 aliphatic carbocycles. The number of Topliss-reactive ketones (excluding diaryl/α,β-unsaturated/α-hetero) is 1. The Hall–Kier alpha value is -2.38. The number of carbonyl (C=O) groups is 1. The molecule has 0 fully saturated rings. The van der Waals surface area contributed by atoms with Gasteiger partial charge in [-0.05, 0) is 30.8 Å². The van der Waals surface area contributed by atoms with Gasteiger partial charge in [0.15, 0.2) is 5.78 Å². The molecule has 0 aliphatic heterocycles. The van der Waals surface area contributed by atoms with Crippen LogP contribution in [0.2, 0.25) is 0 Å². The lowest BCUT2D eigenvalue weighted by atomic mass is 10.1. The van der Waals surface area contributed by atoms with Crippen molar-refractivity contribution in [2.24, 2.45) is 7.05 Å². The number of carbonyl (C=O) groups excluding carboxylic acids is 1. The monoisotopic (exact) mass is 267 g/mol. The van der Waals surface area contributed by atoms with Crippen molar-refractivity contribution in [2.75, 3.05) is 13.6 Å². The van der Waals surface area contributed by atoms with E-state index in [1.807, 2.05) is 60.2 Å². The minimum atomic E-state index is 0.101. The highest BCUT2D eigenvalue weighted by molar-refractivity contribution is 5.97. The van der Waals surface area contributed by atoms with Crippen molar-refractivity contribution in [2.45, 2.75) is 6.54 Å². The molecule has 0 saturated carbocycles. The Morgan fingerprint density at radius 2 is 2.20 bits per heavy atom. The number of benzene rings is 1. The number of hydrogen-bond acceptors (Lipinski definition) is 3. The predicted octanol–water partition coefficient (Wildman–Crippen LogP) is 2.21. The normalized spacial score (nSPS) is 10.5. The van der Waals surface area contributed by atoms with Gasteiger partial charge in [-0.15, -0.1) is 0 Å². The lowest BCUT2D eigenvalue weighted by Crippen LogP contribution is -2.25. The van der Waals surface area contributed by atoms with E-state index in [0.717, 1.165) is 11.1 Å².